The molecule has 2 rings (SSSR count). The molecule has 1 atom stereocenters. The molecule has 4 nitrogen and oxygen atoms in total. The van der Waals surface area contributed by atoms with Crippen molar-refractivity contribution in [3.8, 4) is 0 Å². The van der Waals surface area contributed by atoms with Crippen molar-refractivity contribution in [1.82, 2.24) is 5.32 Å². The number of amides is 1. The first-order valence-corrected chi connectivity index (χ1v) is 11.2. The van der Waals surface area contributed by atoms with Crippen molar-refractivity contribution in [2.24, 2.45) is 0 Å². The standard InChI is InChI=1S/C19H23NO3S2/c1-3-18(16-9-11-17(12-10-16)25(2,22)23)20-19(21)14-24-13-15-7-5-4-6-8-15/h4-12,18H,3,13-14H2,1-2H3,(H,20,21). The fourth-order valence-electron chi connectivity index (χ4n) is 2.44. The highest BCUT2D eigenvalue weighted by molar-refractivity contribution is 7.99. The summed E-state index contributed by atoms with van der Waals surface area (Å²) in [6.45, 7) is 1.99. The van der Waals surface area contributed by atoms with Gasteiger partial charge in [-0.25, -0.2) is 8.42 Å². The van der Waals surface area contributed by atoms with Crippen LogP contribution in [-0.4, -0.2) is 26.3 Å². The molecule has 134 valence electrons. The summed E-state index contributed by atoms with van der Waals surface area (Å²) < 4.78 is 23.0. The summed E-state index contributed by atoms with van der Waals surface area (Å²) in [5, 5.41) is 3.02. The third kappa shape index (κ3) is 6.21. The van der Waals surface area contributed by atoms with Crippen molar-refractivity contribution >= 4 is 27.5 Å². The van der Waals surface area contributed by atoms with Gasteiger partial charge in [-0.2, -0.15) is 0 Å². The minimum absolute atomic E-state index is 0.0139. The fraction of sp³-hybridized carbons (Fsp3) is 0.316. The van der Waals surface area contributed by atoms with E-state index >= 15 is 0 Å². The first kappa shape index (κ1) is 19.5. The van der Waals surface area contributed by atoms with E-state index in [2.05, 4.69) is 5.32 Å². The van der Waals surface area contributed by atoms with E-state index in [1.54, 1.807) is 36.0 Å². The molecule has 0 bridgehead atoms. The number of thioether (sulfide) groups is 1. The Kier molecular flexibility index (Phi) is 7.08. The molecule has 2 aromatic carbocycles. The molecule has 0 spiro atoms. The summed E-state index contributed by atoms with van der Waals surface area (Å²) in [6, 6.07) is 16.6. The number of hydrogen-bond donors (Lipinski definition) is 1. The first-order valence-electron chi connectivity index (χ1n) is 8.11. The summed E-state index contributed by atoms with van der Waals surface area (Å²) in [5.74, 6) is 1.18. The molecule has 0 aliphatic heterocycles. The Balaban J connectivity index is 1.89. The van der Waals surface area contributed by atoms with E-state index in [9.17, 15) is 13.2 Å². The third-order valence-corrected chi connectivity index (χ3v) is 5.93. The molecular weight excluding hydrogens is 354 g/mol. The predicted octanol–water partition coefficient (Wildman–Crippen LogP) is 3.59. The third-order valence-electron chi connectivity index (χ3n) is 3.80. The highest BCUT2D eigenvalue weighted by Crippen LogP contribution is 2.20. The van der Waals surface area contributed by atoms with Crippen LogP contribution in [0.1, 0.15) is 30.5 Å². The maximum Gasteiger partial charge on any atom is 0.230 e. The minimum Gasteiger partial charge on any atom is -0.349 e. The molecule has 0 heterocycles. The quantitative estimate of drug-likeness (QED) is 0.764. The average Bonchev–Trinajstić information content (AvgIpc) is 2.60. The van der Waals surface area contributed by atoms with Gasteiger partial charge < -0.3 is 5.32 Å². The molecule has 2 aromatic rings. The lowest BCUT2D eigenvalue weighted by atomic mass is 10.0. The number of benzene rings is 2. The molecule has 0 aromatic heterocycles. The van der Waals surface area contributed by atoms with E-state index in [4.69, 9.17) is 0 Å². The van der Waals surface area contributed by atoms with E-state index in [-0.39, 0.29) is 16.8 Å². The van der Waals surface area contributed by atoms with E-state index in [0.717, 1.165) is 17.7 Å². The van der Waals surface area contributed by atoms with Crippen LogP contribution in [0.3, 0.4) is 0 Å². The molecule has 1 N–H and O–H groups in total. The van der Waals surface area contributed by atoms with Crippen LogP contribution in [0, 0.1) is 0 Å². The molecule has 0 fully saturated rings. The van der Waals surface area contributed by atoms with Gasteiger partial charge in [-0.1, -0.05) is 49.4 Å². The average molecular weight is 378 g/mol. The van der Waals surface area contributed by atoms with Crippen molar-refractivity contribution in [2.75, 3.05) is 12.0 Å². The highest BCUT2D eigenvalue weighted by Gasteiger charge is 2.14. The first-order chi connectivity index (χ1) is 11.9. The molecular formula is C19H23NO3S2. The van der Waals surface area contributed by atoms with Gasteiger partial charge in [0.05, 0.1) is 16.7 Å². The second-order valence-electron chi connectivity index (χ2n) is 5.85. The minimum atomic E-state index is -3.20. The van der Waals surface area contributed by atoms with Crippen LogP contribution >= 0.6 is 11.8 Å². The predicted molar refractivity (Wildman–Crippen MR) is 103 cm³/mol. The van der Waals surface area contributed by atoms with Gasteiger partial charge in [-0.05, 0) is 29.7 Å². The number of sulfone groups is 1. The van der Waals surface area contributed by atoms with Gasteiger partial charge in [0.15, 0.2) is 9.84 Å². The van der Waals surface area contributed by atoms with Crippen LogP contribution in [-0.2, 0) is 20.4 Å². The monoisotopic (exact) mass is 377 g/mol. The maximum atomic E-state index is 12.2. The van der Waals surface area contributed by atoms with Gasteiger partial charge >= 0.3 is 0 Å². The van der Waals surface area contributed by atoms with Gasteiger partial charge in [-0.15, -0.1) is 11.8 Å². The fourth-order valence-corrected chi connectivity index (χ4v) is 3.87. The normalized spacial score (nSPS) is 12.6. The second kappa shape index (κ2) is 9.06. The summed E-state index contributed by atoms with van der Waals surface area (Å²) in [6.07, 6.45) is 1.93. The van der Waals surface area contributed by atoms with Crippen LogP contribution in [0.15, 0.2) is 59.5 Å². The number of hydrogen-bond acceptors (Lipinski definition) is 4. The van der Waals surface area contributed by atoms with Crippen molar-refractivity contribution in [2.45, 2.75) is 30.0 Å². The van der Waals surface area contributed by atoms with Crippen molar-refractivity contribution < 1.29 is 13.2 Å². The van der Waals surface area contributed by atoms with Gasteiger partial charge in [-0.3, -0.25) is 4.79 Å². The van der Waals surface area contributed by atoms with Crippen LogP contribution in [0.5, 0.6) is 0 Å². The molecule has 1 unspecified atom stereocenters. The molecule has 1 amide bonds. The van der Waals surface area contributed by atoms with Crippen LogP contribution in [0.4, 0.5) is 0 Å². The van der Waals surface area contributed by atoms with E-state index in [1.807, 2.05) is 37.3 Å². The lowest BCUT2D eigenvalue weighted by Gasteiger charge is -2.17. The summed E-state index contributed by atoms with van der Waals surface area (Å²) in [7, 11) is -3.20. The molecule has 0 saturated carbocycles. The lowest BCUT2D eigenvalue weighted by Crippen LogP contribution is -2.29. The summed E-state index contributed by atoms with van der Waals surface area (Å²) in [5.41, 5.74) is 2.11. The van der Waals surface area contributed by atoms with Crippen molar-refractivity contribution in [1.29, 1.82) is 0 Å². The summed E-state index contributed by atoms with van der Waals surface area (Å²) in [4.78, 5) is 12.5. The van der Waals surface area contributed by atoms with Crippen LogP contribution in [0.25, 0.3) is 0 Å². The Labute approximate surface area is 154 Å². The van der Waals surface area contributed by atoms with Gasteiger partial charge in [0.25, 0.3) is 0 Å². The van der Waals surface area contributed by atoms with Crippen LogP contribution in [0.2, 0.25) is 0 Å². The van der Waals surface area contributed by atoms with Crippen molar-refractivity contribution in [3.63, 3.8) is 0 Å². The summed E-state index contributed by atoms with van der Waals surface area (Å²) >= 11 is 1.58. The van der Waals surface area contributed by atoms with E-state index in [1.165, 1.54) is 11.8 Å². The SMILES string of the molecule is CCC(NC(=O)CSCc1ccccc1)c1ccc(S(C)(=O)=O)cc1. The molecule has 25 heavy (non-hydrogen) atoms. The smallest absolute Gasteiger partial charge is 0.230 e. The largest absolute Gasteiger partial charge is 0.349 e. The molecule has 0 radical (unpaired) electrons. The number of carbonyl (C=O) groups is 1. The van der Waals surface area contributed by atoms with Gasteiger partial charge in [0.2, 0.25) is 5.91 Å². The number of nitrogens with one attached hydrogen (secondary N) is 1. The zero-order valence-electron chi connectivity index (χ0n) is 14.4. The molecule has 0 aliphatic carbocycles. The number of rotatable bonds is 8. The second-order valence-corrected chi connectivity index (χ2v) is 8.85. The molecule has 0 aliphatic rings. The number of carbonyl (C=O) groups excluding carboxylic acids is 1. The lowest BCUT2D eigenvalue weighted by molar-refractivity contribution is -0.119. The van der Waals surface area contributed by atoms with E-state index in [0.29, 0.717) is 5.75 Å². The Morgan fingerprint density at radius 2 is 1.72 bits per heavy atom. The Morgan fingerprint density at radius 3 is 2.28 bits per heavy atom. The van der Waals surface area contributed by atoms with Crippen molar-refractivity contribution in [3.05, 3.63) is 65.7 Å². The Bertz CT molecular complexity index is 787. The van der Waals surface area contributed by atoms with Crippen LogP contribution < -0.4 is 5.32 Å². The molecule has 0 saturated heterocycles. The highest BCUT2D eigenvalue weighted by atomic mass is 32.2. The van der Waals surface area contributed by atoms with E-state index < -0.39 is 9.84 Å². The zero-order valence-corrected chi connectivity index (χ0v) is 16.1. The maximum absolute atomic E-state index is 12.2. The van der Waals surface area contributed by atoms with Gasteiger partial charge in [0, 0.05) is 12.0 Å². The van der Waals surface area contributed by atoms with Gasteiger partial charge in [0.1, 0.15) is 0 Å². The zero-order chi connectivity index (χ0) is 18.3. The Hall–Kier alpha value is -1.79. The molecule has 6 heteroatoms. The topological polar surface area (TPSA) is 63.2 Å². The Morgan fingerprint density at radius 1 is 1.08 bits per heavy atom.